The van der Waals surface area contributed by atoms with Crippen molar-refractivity contribution in [2.75, 3.05) is 5.75 Å². The van der Waals surface area contributed by atoms with E-state index < -0.39 is 0 Å². The monoisotopic (exact) mass is 388 g/mol. The Morgan fingerprint density at radius 3 is 2.65 bits per heavy atom. The molecule has 0 saturated carbocycles. The second-order valence-corrected chi connectivity index (χ2v) is 6.83. The molecule has 2 heterocycles. The van der Waals surface area contributed by atoms with Gasteiger partial charge in [-0.05, 0) is 29.8 Å². The Kier molecular flexibility index (Phi) is 3.74. The third-order valence-corrected chi connectivity index (χ3v) is 4.89. The van der Waals surface area contributed by atoms with Crippen molar-refractivity contribution in [2.24, 2.45) is 5.10 Å². The van der Waals surface area contributed by atoms with Crippen molar-refractivity contribution in [1.82, 2.24) is 14.9 Å². The van der Waals surface area contributed by atoms with Gasteiger partial charge in [-0.15, -0.1) is 10.2 Å². The Balaban J connectivity index is 1.79. The fourth-order valence-electron chi connectivity index (χ4n) is 2.32. The third-order valence-electron chi connectivity index (χ3n) is 3.43. The molecule has 7 heteroatoms. The summed E-state index contributed by atoms with van der Waals surface area (Å²) < 4.78 is 16.2. The number of hydrogen-bond donors (Lipinski definition) is 0. The van der Waals surface area contributed by atoms with Crippen molar-refractivity contribution >= 4 is 33.4 Å². The molecular formula is C16H10BrFN4S. The van der Waals surface area contributed by atoms with Crippen LogP contribution in [0.15, 0.2) is 63.3 Å². The number of halogens is 2. The second kappa shape index (κ2) is 5.90. The fourth-order valence-corrected chi connectivity index (χ4v) is 3.42. The molecule has 3 aromatic rings. The molecule has 1 aromatic heterocycles. The first kappa shape index (κ1) is 14.6. The van der Waals surface area contributed by atoms with E-state index in [0.29, 0.717) is 16.5 Å². The number of hydrogen-bond acceptors (Lipinski definition) is 4. The van der Waals surface area contributed by atoms with Crippen LogP contribution in [0.1, 0.15) is 5.56 Å². The quantitative estimate of drug-likeness (QED) is 0.660. The van der Waals surface area contributed by atoms with Crippen LogP contribution in [0, 0.1) is 5.82 Å². The Hall–Kier alpha value is -1.99. The SMILES string of the molecule is Fc1cccc(-c2nnc3n2N=C(c2ccc(Br)cc2)CS3)c1. The first-order valence-electron chi connectivity index (χ1n) is 6.89. The summed E-state index contributed by atoms with van der Waals surface area (Å²) in [5, 5.41) is 13.7. The van der Waals surface area contributed by atoms with Gasteiger partial charge in [0.1, 0.15) is 5.82 Å². The van der Waals surface area contributed by atoms with Gasteiger partial charge in [0.2, 0.25) is 5.16 Å². The zero-order valence-corrected chi connectivity index (χ0v) is 14.2. The third kappa shape index (κ3) is 2.82. The molecule has 4 rings (SSSR count). The summed E-state index contributed by atoms with van der Waals surface area (Å²) in [6.07, 6.45) is 0. The van der Waals surface area contributed by atoms with E-state index in [1.807, 2.05) is 24.3 Å². The Labute approximate surface area is 144 Å². The summed E-state index contributed by atoms with van der Waals surface area (Å²) in [4.78, 5) is 0. The van der Waals surface area contributed by atoms with E-state index in [9.17, 15) is 4.39 Å². The van der Waals surface area contributed by atoms with Gasteiger partial charge in [-0.2, -0.15) is 9.78 Å². The lowest BCUT2D eigenvalue weighted by molar-refractivity contribution is 0.628. The molecule has 0 spiro atoms. The van der Waals surface area contributed by atoms with E-state index in [1.165, 1.54) is 12.1 Å². The van der Waals surface area contributed by atoms with E-state index in [4.69, 9.17) is 0 Å². The maximum absolute atomic E-state index is 13.5. The number of aromatic nitrogens is 3. The zero-order chi connectivity index (χ0) is 15.8. The van der Waals surface area contributed by atoms with Crippen molar-refractivity contribution in [3.05, 3.63) is 64.4 Å². The summed E-state index contributed by atoms with van der Waals surface area (Å²) >= 11 is 5.00. The molecule has 0 aliphatic carbocycles. The number of rotatable bonds is 2. The molecule has 0 bridgehead atoms. The van der Waals surface area contributed by atoms with E-state index in [0.717, 1.165) is 21.5 Å². The minimum absolute atomic E-state index is 0.305. The summed E-state index contributed by atoms with van der Waals surface area (Å²) in [7, 11) is 0. The molecule has 1 aliphatic rings. The molecule has 0 atom stereocenters. The molecule has 0 unspecified atom stereocenters. The Morgan fingerprint density at radius 2 is 1.87 bits per heavy atom. The molecule has 114 valence electrons. The highest BCUT2D eigenvalue weighted by molar-refractivity contribution is 9.10. The molecule has 4 nitrogen and oxygen atoms in total. The van der Waals surface area contributed by atoms with Crippen molar-refractivity contribution in [3.8, 4) is 11.4 Å². The lowest BCUT2D eigenvalue weighted by Gasteiger charge is -2.14. The lowest BCUT2D eigenvalue weighted by Crippen LogP contribution is -2.13. The van der Waals surface area contributed by atoms with Crippen molar-refractivity contribution in [2.45, 2.75) is 5.16 Å². The van der Waals surface area contributed by atoms with Crippen molar-refractivity contribution < 1.29 is 4.39 Å². The van der Waals surface area contributed by atoms with Gasteiger partial charge < -0.3 is 0 Å². The first-order chi connectivity index (χ1) is 11.2. The lowest BCUT2D eigenvalue weighted by atomic mass is 10.1. The van der Waals surface area contributed by atoms with Crippen LogP contribution in [0.5, 0.6) is 0 Å². The van der Waals surface area contributed by atoms with Crippen LogP contribution >= 0.6 is 27.7 Å². The molecule has 1 aliphatic heterocycles. The number of fused-ring (bicyclic) bond motifs is 1. The van der Waals surface area contributed by atoms with Gasteiger partial charge in [0.05, 0.1) is 5.71 Å². The summed E-state index contributed by atoms with van der Waals surface area (Å²) in [6.45, 7) is 0. The minimum atomic E-state index is -0.305. The molecule has 23 heavy (non-hydrogen) atoms. The number of thioether (sulfide) groups is 1. The minimum Gasteiger partial charge on any atom is -0.207 e. The normalized spacial score (nSPS) is 13.6. The standard InChI is InChI=1S/C16H10BrFN4S/c17-12-6-4-10(5-7-12)14-9-23-16-20-19-15(22(16)21-14)11-2-1-3-13(18)8-11/h1-8H,9H2. The fraction of sp³-hybridized carbons (Fsp3) is 0.0625. The van der Waals surface area contributed by atoms with Gasteiger partial charge in [0.25, 0.3) is 0 Å². The Morgan fingerprint density at radius 1 is 1.04 bits per heavy atom. The maximum Gasteiger partial charge on any atom is 0.212 e. The summed E-state index contributed by atoms with van der Waals surface area (Å²) in [5.41, 5.74) is 2.64. The maximum atomic E-state index is 13.5. The van der Waals surface area contributed by atoms with Crippen LogP contribution in [-0.2, 0) is 0 Å². The first-order valence-corrected chi connectivity index (χ1v) is 8.66. The van der Waals surface area contributed by atoms with E-state index >= 15 is 0 Å². The van der Waals surface area contributed by atoms with Gasteiger partial charge >= 0.3 is 0 Å². The van der Waals surface area contributed by atoms with E-state index in [2.05, 4.69) is 31.2 Å². The topological polar surface area (TPSA) is 43.1 Å². The largest absolute Gasteiger partial charge is 0.212 e. The van der Waals surface area contributed by atoms with Gasteiger partial charge in [0.15, 0.2) is 5.82 Å². The molecule has 2 aromatic carbocycles. The highest BCUT2D eigenvalue weighted by Crippen LogP contribution is 2.28. The van der Waals surface area contributed by atoms with Gasteiger partial charge in [0, 0.05) is 15.8 Å². The predicted octanol–water partition coefficient (Wildman–Crippen LogP) is 4.20. The van der Waals surface area contributed by atoms with Crippen LogP contribution in [0.4, 0.5) is 4.39 Å². The number of nitrogens with zero attached hydrogens (tertiary/aromatic N) is 4. The van der Waals surface area contributed by atoms with E-state index in [-0.39, 0.29) is 5.82 Å². The van der Waals surface area contributed by atoms with Crippen LogP contribution in [-0.4, -0.2) is 26.3 Å². The van der Waals surface area contributed by atoms with Crippen molar-refractivity contribution in [3.63, 3.8) is 0 Å². The summed E-state index contributed by atoms with van der Waals surface area (Å²) in [6, 6.07) is 14.3. The zero-order valence-electron chi connectivity index (χ0n) is 11.8. The van der Waals surface area contributed by atoms with E-state index in [1.54, 1.807) is 28.6 Å². The van der Waals surface area contributed by atoms with Crippen LogP contribution in [0.2, 0.25) is 0 Å². The van der Waals surface area contributed by atoms with Crippen LogP contribution < -0.4 is 0 Å². The average Bonchev–Trinajstić information content (AvgIpc) is 2.98. The molecule has 0 amide bonds. The van der Waals surface area contributed by atoms with Gasteiger partial charge in [-0.25, -0.2) is 4.39 Å². The van der Waals surface area contributed by atoms with Crippen LogP contribution in [0.25, 0.3) is 11.4 Å². The highest BCUT2D eigenvalue weighted by Gasteiger charge is 2.20. The second-order valence-electron chi connectivity index (χ2n) is 4.97. The molecule has 0 N–H and O–H groups in total. The van der Waals surface area contributed by atoms with Gasteiger partial charge in [-0.3, -0.25) is 0 Å². The van der Waals surface area contributed by atoms with Gasteiger partial charge in [-0.1, -0.05) is 52.0 Å². The molecule has 0 radical (unpaired) electrons. The summed E-state index contributed by atoms with van der Waals surface area (Å²) in [5.74, 6) is 0.963. The number of benzene rings is 2. The smallest absolute Gasteiger partial charge is 0.207 e. The average molecular weight is 389 g/mol. The molecular weight excluding hydrogens is 379 g/mol. The predicted molar refractivity (Wildman–Crippen MR) is 92.2 cm³/mol. The molecule has 0 fully saturated rings. The van der Waals surface area contributed by atoms with Crippen molar-refractivity contribution in [1.29, 1.82) is 0 Å². The Bertz CT molecular complexity index is 905. The van der Waals surface area contributed by atoms with Crippen LogP contribution in [0.3, 0.4) is 0 Å². The molecule has 0 saturated heterocycles. The highest BCUT2D eigenvalue weighted by atomic mass is 79.9.